The fourth-order valence-electron chi connectivity index (χ4n) is 4.62. The highest BCUT2D eigenvalue weighted by atomic mass is 35.5. The lowest BCUT2D eigenvalue weighted by Crippen LogP contribution is -2.61. The van der Waals surface area contributed by atoms with E-state index in [1.165, 1.54) is 12.7 Å². The van der Waals surface area contributed by atoms with Gasteiger partial charge in [-0.1, -0.05) is 11.6 Å². The summed E-state index contributed by atoms with van der Waals surface area (Å²) in [5.41, 5.74) is 1.85. The summed E-state index contributed by atoms with van der Waals surface area (Å²) in [6.45, 7) is 4.80. The zero-order valence-corrected chi connectivity index (χ0v) is 21.5. The second-order valence-corrected chi connectivity index (χ2v) is 10.2. The van der Waals surface area contributed by atoms with Gasteiger partial charge in [-0.15, -0.1) is 0 Å². The number of piperidine rings is 1. The van der Waals surface area contributed by atoms with E-state index in [0.717, 1.165) is 30.4 Å². The van der Waals surface area contributed by atoms with E-state index in [0.29, 0.717) is 48.5 Å². The number of hydrogen-bond donors (Lipinski definition) is 3. The minimum absolute atomic E-state index is 0.0953. The third kappa shape index (κ3) is 5.78. The second kappa shape index (κ2) is 10.5. The Morgan fingerprint density at radius 1 is 1.30 bits per heavy atom. The quantitative estimate of drug-likeness (QED) is 0.337. The van der Waals surface area contributed by atoms with E-state index in [4.69, 9.17) is 31.2 Å². The Labute approximate surface area is 220 Å². The molecule has 1 saturated carbocycles. The van der Waals surface area contributed by atoms with Crippen molar-refractivity contribution in [1.29, 1.82) is 5.41 Å². The third-order valence-electron chi connectivity index (χ3n) is 6.89. The van der Waals surface area contributed by atoms with E-state index in [2.05, 4.69) is 25.6 Å². The third-order valence-corrected chi connectivity index (χ3v) is 7.21. The number of morpholine rings is 1. The summed E-state index contributed by atoms with van der Waals surface area (Å²) in [5, 5.41) is 13.6. The number of aromatic nitrogens is 2. The van der Waals surface area contributed by atoms with Crippen LogP contribution in [0.1, 0.15) is 38.2 Å². The van der Waals surface area contributed by atoms with Crippen LogP contribution < -0.4 is 15.4 Å². The first-order valence-corrected chi connectivity index (χ1v) is 12.6. The van der Waals surface area contributed by atoms with Crippen molar-refractivity contribution < 1.29 is 19.0 Å². The summed E-state index contributed by atoms with van der Waals surface area (Å²) in [5.74, 6) is 1.07. The Balaban J connectivity index is 1.25. The number of benzene rings is 1. The first kappa shape index (κ1) is 25.2. The molecular weight excluding hydrogens is 498 g/mol. The molecule has 2 atom stereocenters. The first-order valence-electron chi connectivity index (χ1n) is 12.3. The van der Waals surface area contributed by atoms with Gasteiger partial charge in [0.15, 0.2) is 0 Å². The summed E-state index contributed by atoms with van der Waals surface area (Å²) in [7, 11) is 0. The number of hydrogen-bond acceptors (Lipinski definition) is 8. The van der Waals surface area contributed by atoms with E-state index >= 15 is 0 Å². The van der Waals surface area contributed by atoms with Gasteiger partial charge in [-0.25, -0.2) is 19.8 Å². The van der Waals surface area contributed by atoms with Gasteiger partial charge in [0.05, 0.1) is 47.9 Å². The Bertz CT molecular complexity index is 1190. The number of halogens is 1. The lowest BCUT2D eigenvalue weighted by Gasteiger charge is -2.47. The van der Waals surface area contributed by atoms with Crippen LogP contribution in [0.15, 0.2) is 29.5 Å². The van der Waals surface area contributed by atoms with Crippen LogP contribution in [0.25, 0.3) is 0 Å². The van der Waals surface area contributed by atoms with Crippen LogP contribution in [0.3, 0.4) is 0 Å². The number of carbonyl (C=O) groups is 1. The van der Waals surface area contributed by atoms with Crippen molar-refractivity contribution in [2.75, 3.05) is 23.8 Å². The number of amides is 1. The molecule has 1 aromatic heterocycles. The van der Waals surface area contributed by atoms with Gasteiger partial charge >= 0.3 is 6.09 Å². The number of rotatable bonds is 8. The Kier molecular flexibility index (Phi) is 7.16. The smallest absolute Gasteiger partial charge is 0.410 e. The molecule has 12 heteroatoms. The Morgan fingerprint density at radius 2 is 2.05 bits per heavy atom. The molecule has 2 bridgehead atoms. The van der Waals surface area contributed by atoms with Gasteiger partial charge in [0.1, 0.15) is 30.2 Å². The fourth-order valence-corrected chi connectivity index (χ4v) is 4.85. The number of anilines is 3. The lowest BCUT2D eigenvalue weighted by atomic mass is 9.92. The maximum absolute atomic E-state index is 12.9. The van der Waals surface area contributed by atoms with Crippen molar-refractivity contribution in [1.82, 2.24) is 14.9 Å². The normalized spacial score (nSPS) is 23.9. The summed E-state index contributed by atoms with van der Waals surface area (Å²) in [4.78, 5) is 27.2. The second-order valence-electron chi connectivity index (χ2n) is 9.81. The van der Waals surface area contributed by atoms with E-state index < -0.39 is 0 Å². The molecule has 11 nitrogen and oxygen atoms in total. The van der Waals surface area contributed by atoms with Crippen LogP contribution in [0.2, 0.25) is 5.02 Å². The molecule has 0 spiro atoms. The van der Waals surface area contributed by atoms with Crippen LogP contribution >= 0.6 is 11.6 Å². The molecule has 2 aromatic rings. The summed E-state index contributed by atoms with van der Waals surface area (Å²) in [6, 6.07) is 5.21. The molecule has 2 saturated heterocycles. The van der Waals surface area contributed by atoms with Crippen molar-refractivity contribution in [3.8, 4) is 5.88 Å². The molecule has 37 heavy (non-hydrogen) atoms. The molecule has 1 aromatic carbocycles. The maximum atomic E-state index is 12.9. The largest absolute Gasteiger partial charge is 0.474 e. The average Bonchev–Trinajstić information content (AvgIpc) is 3.59. The average molecular weight is 528 g/mol. The SMILES string of the molecule is Cc1c(Nc2ccc(N/C=N\C=N)cc2Cl)ncnc1OC1CC2COCC(C1)N2C(=O)OC1(C)CC1. The van der Waals surface area contributed by atoms with Gasteiger partial charge in [-0.3, -0.25) is 10.3 Å². The molecular formula is C25H30ClN7O4. The van der Waals surface area contributed by atoms with Crippen LogP contribution in [0.4, 0.5) is 22.0 Å². The van der Waals surface area contributed by atoms with Crippen molar-refractivity contribution in [3.05, 3.63) is 35.1 Å². The van der Waals surface area contributed by atoms with E-state index in [9.17, 15) is 4.79 Å². The molecule has 3 heterocycles. The predicted octanol–water partition coefficient (Wildman–Crippen LogP) is 4.53. The standard InChI is InChI=1S/C25H30ClN7O4/c1-15-22(32-21-4-3-16(7-20(21)26)29-13-28-12-27)30-14-31-23(15)36-19-8-17-10-35-11-18(9-19)33(17)24(34)37-25(2)5-6-25/h3-4,7,12-14,17-19H,5-6,8-11H2,1-2H3,(H2,27,28,29)(H,30,31,32). The molecule has 3 N–H and O–H groups in total. The molecule has 196 valence electrons. The molecule has 1 amide bonds. The number of ether oxygens (including phenoxy) is 3. The monoisotopic (exact) mass is 527 g/mol. The molecule has 3 aliphatic rings. The first-order chi connectivity index (χ1) is 17.8. The number of aliphatic imine (C=N–C) groups is 1. The minimum Gasteiger partial charge on any atom is -0.474 e. The summed E-state index contributed by atoms with van der Waals surface area (Å²) in [6.07, 6.45) is 6.54. The highest BCUT2D eigenvalue weighted by Gasteiger charge is 2.48. The van der Waals surface area contributed by atoms with Crippen LogP contribution in [-0.2, 0) is 9.47 Å². The molecule has 5 rings (SSSR count). The number of nitrogens with zero attached hydrogens (tertiary/aromatic N) is 4. The highest BCUT2D eigenvalue weighted by molar-refractivity contribution is 6.33. The fraction of sp³-hybridized carbons (Fsp3) is 0.480. The summed E-state index contributed by atoms with van der Waals surface area (Å²) < 4.78 is 17.8. The van der Waals surface area contributed by atoms with Crippen LogP contribution in [0.5, 0.6) is 5.88 Å². The van der Waals surface area contributed by atoms with Crippen molar-refractivity contribution >= 4 is 47.6 Å². The van der Waals surface area contributed by atoms with E-state index in [1.54, 1.807) is 6.07 Å². The van der Waals surface area contributed by atoms with Gasteiger partial charge in [-0.2, -0.15) is 0 Å². The van der Waals surface area contributed by atoms with E-state index in [1.807, 2.05) is 30.9 Å². The number of nitrogens with one attached hydrogen (secondary N) is 3. The predicted molar refractivity (Wildman–Crippen MR) is 140 cm³/mol. The number of carbonyl (C=O) groups excluding carboxylic acids is 1. The van der Waals surface area contributed by atoms with Gasteiger partial charge in [-0.05, 0) is 44.9 Å². The molecule has 2 aliphatic heterocycles. The highest BCUT2D eigenvalue weighted by Crippen LogP contribution is 2.41. The zero-order chi connectivity index (χ0) is 26.0. The van der Waals surface area contributed by atoms with Crippen molar-refractivity contribution in [2.24, 2.45) is 4.99 Å². The maximum Gasteiger partial charge on any atom is 0.410 e. The molecule has 3 fully saturated rings. The van der Waals surface area contributed by atoms with Crippen LogP contribution in [-0.4, -0.2) is 70.6 Å². The topological polar surface area (TPSA) is 134 Å². The van der Waals surface area contributed by atoms with Crippen molar-refractivity contribution in [3.63, 3.8) is 0 Å². The molecule has 1 aliphatic carbocycles. The van der Waals surface area contributed by atoms with Gasteiger partial charge in [0.25, 0.3) is 0 Å². The molecule has 2 unspecified atom stereocenters. The lowest BCUT2D eigenvalue weighted by molar-refractivity contribution is -0.0956. The molecule has 0 radical (unpaired) electrons. The number of fused-ring (bicyclic) bond motifs is 2. The van der Waals surface area contributed by atoms with Crippen LogP contribution in [0, 0.1) is 12.3 Å². The van der Waals surface area contributed by atoms with Gasteiger partial charge < -0.3 is 24.8 Å². The van der Waals surface area contributed by atoms with Crippen molar-refractivity contribution in [2.45, 2.75) is 63.3 Å². The minimum atomic E-state index is -0.310. The van der Waals surface area contributed by atoms with Gasteiger partial charge in [0.2, 0.25) is 5.88 Å². The van der Waals surface area contributed by atoms with Gasteiger partial charge in [0, 0.05) is 18.5 Å². The Hall–Kier alpha value is -3.44. The Morgan fingerprint density at radius 3 is 2.73 bits per heavy atom. The zero-order valence-electron chi connectivity index (χ0n) is 20.7. The summed E-state index contributed by atoms with van der Waals surface area (Å²) >= 11 is 6.46. The van der Waals surface area contributed by atoms with E-state index in [-0.39, 0.29) is 29.9 Å².